The third-order valence-corrected chi connectivity index (χ3v) is 8.44. The lowest BCUT2D eigenvalue weighted by Crippen LogP contribution is -2.40. The van der Waals surface area contributed by atoms with E-state index in [1.807, 2.05) is 109 Å². The van der Waals surface area contributed by atoms with Crippen LogP contribution in [0.1, 0.15) is 29.7 Å². The molecule has 44 heavy (non-hydrogen) atoms. The lowest BCUT2D eigenvalue weighted by molar-refractivity contribution is -0.113. The minimum Gasteiger partial charge on any atom is -0.497 e. The zero-order chi connectivity index (χ0) is 30.6. The summed E-state index contributed by atoms with van der Waals surface area (Å²) in [5.41, 5.74) is 3.77. The maximum atomic E-state index is 14.1. The first-order valence-corrected chi connectivity index (χ1v) is 15.1. The zero-order valence-corrected chi connectivity index (χ0v) is 25.6. The number of fused-ring (bicyclic) bond motifs is 1. The van der Waals surface area contributed by atoms with E-state index in [1.54, 1.807) is 18.6 Å². The Kier molecular flexibility index (Phi) is 8.45. The largest absolute Gasteiger partial charge is 0.497 e. The molecule has 1 aliphatic rings. The van der Waals surface area contributed by atoms with Gasteiger partial charge in [-0.2, -0.15) is 0 Å². The molecule has 7 nitrogen and oxygen atoms in total. The van der Waals surface area contributed by atoms with Gasteiger partial charge >= 0.3 is 0 Å². The van der Waals surface area contributed by atoms with Crippen molar-refractivity contribution in [2.24, 2.45) is 4.99 Å². The van der Waals surface area contributed by atoms with E-state index in [0.29, 0.717) is 49.4 Å². The van der Waals surface area contributed by atoms with Crippen molar-refractivity contribution in [1.82, 2.24) is 4.57 Å². The molecule has 220 valence electrons. The fourth-order valence-corrected chi connectivity index (χ4v) is 6.34. The molecule has 0 unspecified atom stereocenters. The number of ether oxygens (including phenoxy) is 2. The monoisotopic (exact) mass is 621 g/mol. The average molecular weight is 622 g/mol. The van der Waals surface area contributed by atoms with Gasteiger partial charge in [-0.3, -0.25) is 14.2 Å². The molecule has 1 N–H and O–H groups in total. The quantitative estimate of drug-likeness (QED) is 0.227. The van der Waals surface area contributed by atoms with Crippen molar-refractivity contribution in [3.63, 3.8) is 0 Å². The van der Waals surface area contributed by atoms with Crippen molar-refractivity contribution < 1.29 is 14.3 Å². The van der Waals surface area contributed by atoms with E-state index in [9.17, 15) is 9.59 Å². The second-order valence-electron chi connectivity index (χ2n) is 10.1. The van der Waals surface area contributed by atoms with Crippen molar-refractivity contribution in [1.29, 1.82) is 0 Å². The number of nitrogens with zero attached hydrogens (tertiary/aromatic N) is 2. The molecular formula is C35H28ClN3O4S. The summed E-state index contributed by atoms with van der Waals surface area (Å²) in [7, 11) is 1.59. The SMILES string of the molecule is COc1ccc([C@H]2C(C(=O)Nc3ccccc3)=C(C)N=c3s/c(=C/c4ccccc4OCc4cccc(Cl)c4)c(=O)n32)cc1. The van der Waals surface area contributed by atoms with Gasteiger partial charge in [0.05, 0.1) is 29.0 Å². The van der Waals surface area contributed by atoms with Gasteiger partial charge in [0.1, 0.15) is 18.1 Å². The molecule has 6 rings (SSSR count). The predicted molar refractivity (Wildman–Crippen MR) is 174 cm³/mol. The molecule has 2 heterocycles. The van der Waals surface area contributed by atoms with Crippen LogP contribution in [-0.2, 0) is 11.4 Å². The number of para-hydroxylation sites is 2. The van der Waals surface area contributed by atoms with E-state index in [2.05, 4.69) is 5.32 Å². The number of benzene rings is 4. The Hall–Kier alpha value is -4.92. The van der Waals surface area contributed by atoms with E-state index in [0.717, 1.165) is 16.7 Å². The first-order chi connectivity index (χ1) is 21.4. The number of hydrogen-bond acceptors (Lipinski definition) is 6. The number of rotatable bonds is 8. The van der Waals surface area contributed by atoms with Crippen LogP contribution in [0.15, 0.2) is 124 Å². The summed E-state index contributed by atoms with van der Waals surface area (Å²) in [5.74, 6) is 0.975. The highest BCUT2D eigenvalue weighted by Crippen LogP contribution is 2.32. The number of hydrogen-bond donors (Lipinski definition) is 1. The molecule has 0 spiro atoms. The number of nitrogens with one attached hydrogen (secondary N) is 1. The molecule has 4 aromatic carbocycles. The number of carbonyl (C=O) groups excluding carboxylic acids is 1. The topological polar surface area (TPSA) is 81.9 Å². The average Bonchev–Trinajstić information content (AvgIpc) is 3.34. The Labute approximate surface area is 263 Å². The molecular weight excluding hydrogens is 594 g/mol. The van der Waals surface area contributed by atoms with Gasteiger partial charge in [-0.25, -0.2) is 4.99 Å². The fourth-order valence-electron chi connectivity index (χ4n) is 5.09. The maximum Gasteiger partial charge on any atom is 0.271 e. The van der Waals surface area contributed by atoms with Crippen LogP contribution in [0.2, 0.25) is 5.02 Å². The molecule has 0 fully saturated rings. The number of aromatic nitrogens is 1. The lowest BCUT2D eigenvalue weighted by atomic mass is 9.95. The van der Waals surface area contributed by atoms with Gasteiger partial charge in [-0.05, 0) is 66.6 Å². The van der Waals surface area contributed by atoms with E-state index in [-0.39, 0.29) is 11.5 Å². The van der Waals surface area contributed by atoms with E-state index < -0.39 is 6.04 Å². The third kappa shape index (κ3) is 6.08. The smallest absolute Gasteiger partial charge is 0.271 e. The molecule has 1 amide bonds. The number of allylic oxidation sites excluding steroid dienone is 1. The van der Waals surface area contributed by atoms with Crippen molar-refractivity contribution in [3.8, 4) is 11.5 Å². The Morgan fingerprint density at radius 2 is 1.75 bits per heavy atom. The van der Waals surface area contributed by atoms with Crippen LogP contribution in [0.3, 0.4) is 0 Å². The molecule has 0 radical (unpaired) electrons. The van der Waals surface area contributed by atoms with Crippen molar-refractivity contribution in [3.05, 3.63) is 156 Å². The number of anilines is 1. The molecule has 0 aliphatic carbocycles. The Bertz CT molecular complexity index is 2050. The summed E-state index contributed by atoms with van der Waals surface area (Å²) < 4.78 is 13.6. The molecule has 9 heteroatoms. The molecule has 0 bridgehead atoms. The first kappa shape index (κ1) is 29.2. The van der Waals surface area contributed by atoms with Crippen molar-refractivity contribution in [2.45, 2.75) is 19.6 Å². The van der Waals surface area contributed by atoms with Crippen LogP contribution in [-0.4, -0.2) is 17.6 Å². The summed E-state index contributed by atoms with van der Waals surface area (Å²) in [6.45, 7) is 2.12. The summed E-state index contributed by atoms with van der Waals surface area (Å²) >= 11 is 7.42. The normalized spacial score (nSPS) is 14.5. The summed E-state index contributed by atoms with van der Waals surface area (Å²) in [6.07, 6.45) is 1.81. The maximum absolute atomic E-state index is 14.1. The number of carbonyl (C=O) groups is 1. The van der Waals surface area contributed by atoms with Gasteiger partial charge in [-0.1, -0.05) is 83.6 Å². The Balaban J connectivity index is 1.42. The summed E-state index contributed by atoms with van der Waals surface area (Å²) in [5, 5.41) is 3.61. The molecule has 0 saturated heterocycles. The Morgan fingerprint density at radius 3 is 2.50 bits per heavy atom. The predicted octanol–water partition coefficient (Wildman–Crippen LogP) is 6.11. The first-order valence-electron chi connectivity index (χ1n) is 13.9. The van der Waals surface area contributed by atoms with E-state index >= 15 is 0 Å². The number of amides is 1. The summed E-state index contributed by atoms with van der Waals surface area (Å²) in [6, 6.07) is 30.9. The van der Waals surface area contributed by atoms with Crippen molar-refractivity contribution in [2.75, 3.05) is 12.4 Å². The summed E-state index contributed by atoms with van der Waals surface area (Å²) in [4.78, 5) is 33.1. The molecule has 1 aromatic heterocycles. The van der Waals surface area contributed by atoms with Crippen LogP contribution in [0.4, 0.5) is 5.69 Å². The second kappa shape index (κ2) is 12.8. The van der Waals surface area contributed by atoms with Crippen LogP contribution in [0.5, 0.6) is 11.5 Å². The Morgan fingerprint density at radius 1 is 1.00 bits per heavy atom. The highest BCUT2D eigenvalue weighted by atomic mass is 35.5. The van der Waals surface area contributed by atoms with Gasteiger partial charge in [0.2, 0.25) is 0 Å². The highest BCUT2D eigenvalue weighted by Gasteiger charge is 2.32. The van der Waals surface area contributed by atoms with Crippen LogP contribution < -0.4 is 29.7 Å². The molecule has 1 atom stereocenters. The molecule has 5 aromatic rings. The number of thiazole rings is 1. The van der Waals surface area contributed by atoms with Crippen LogP contribution in [0, 0.1) is 0 Å². The fraction of sp³-hybridized carbons (Fsp3) is 0.114. The zero-order valence-electron chi connectivity index (χ0n) is 24.0. The lowest BCUT2D eigenvalue weighted by Gasteiger charge is -2.25. The van der Waals surface area contributed by atoms with E-state index in [4.69, 9.17) is 26.1 Å². The number of methoxy groups -OCH3 is 1. The third-order valence-electron chi connectivity index (χ3n) is 7.22. The van der Waals surface area contributed by atoms with Gasteiger partial charge in [0.15, 0.2) is 4.80 Å². The molecule has 0 saturated carbocycles. The highest BCUT2D eigenvalue weighted by molar-refractivity contribution is 7.07. The van der Waals surface area contributed by atoms with E-state index in [1.165, 1.54) is 11.3 Å². The van der Waals surface area contributed by atoms with Crippen molar-refractivity contribution >= 4 is 40.6 Å². The van der Waals surface area contributed by atoms with Gasteiger partial charge < -0.3 is 14.8 Å². The van der Waals surface area contributed by atoms with Crippen LogP contribution in [0.25, 0.3) is 6.08 Å². The number of halogens is 1. The van der Waals surface area contributed by atoms with Gasteiger partial charge in [0.25, 0.3) is 11.5 Å². The standard InChI is InChI=1S/C35H28ClN3O4S/c1-22-31(33(40)38-27-12-4-3-5-13-27)32(24-15-17-28(42-2)18-16-24)39-34(41)30(44-35(39)37-22)20-25-10-6-7-14-29(25)43-21-23-9-8-11-26(36)19-23/h3-20,32H,21H2,1-2H3,(H,38,40)/b30-20+/t32-/m0/s1. The van der Waals surface area contributed by atoms with Crippen LogP contribution >= 0.6 is 22.9 Å². The molecule has 1 aliphatic heterocycles. The van der Waals surface area contributed by atoms with Gasteiger partial charge in [0, 0.05) is 16.3 Å². The minimum atomic E-state index is -0.697. The second-order valence-corrected chi connectivity index (χ2v) is 11.6. The minimum absolute atomic E-state index is 0.253. The van der Waals surface area contributed by atoms with Gasteiger partial charge in [-0.15, -0.1) is 0 Å².